The number of ketones is 1. The summed E-state index contributed by atoms with van der Waals surface area (Å²) in [6.45, 7) is 0. The van der Waals surface area contributed by atoms with Gasteiger partial charge in [0.2, 0.25) is 0 Å². The summed E-state index contributed by atoms with van der Waals surface area (Å²) in [6.07, 6.45) is 13.0. The zero-order valence-electron chi connectivity index (χ0n) is 16.3. The number of Topliss-reactive ketones (excluding diaryl/α,β-unsaturated/α-hetero) is 1. The minimum atomic E-state index is -0.330. The molecule has 0 amide bonds. The Labute approximate surface area is 165 Å². The average Bonchev–Trinajstić information content (AvgIpc) is 2.94. The molecule has 0 atom stereocenters. The number of nitrogens with zero attached hydrogens (tertiary/aromatic N) is 2. The third-order valence-corrected chi connectivity index (χ3v) is 7.82. The highest BCUT2D eigenvalue weighted by Crippen LogP contribution is 2.58. The Morgan fingerprint density at radius 2 is 1.54 bits per heavy atom. The lowest BCUT2D eigenvalue weighted by atomic mass is 9.64. The minimum Gasteiger partial charge on any atom is -0.298 e. The normalized spacial score (nSPS) is 22.9. The Bertz CT molecular complexity index is 1100. The van der Waals surface area contributed by atoms with Crippen molar-refractivity contribution in [3.05, 3.63) is 47.8 Å². The maximum atomic E-state index is 14.1. The van der Waals surface area contributed by atoms with Crippen molar-refractivity contribution in [3.8, 4) is 0 Å². The predicted molar refractivity (Wildman–Crippen MR) is 112 cm³/mol. The lowest BCUT2D eigenvalue weighted by Crippen LogP contribution is -2.44. The summed E-state index contributed by atoms with van der Waals surface area (Å²) in [5.74, 6) is 0.514. The highest BCUT2D eigenvalue weighted by atomic mass is 16.1. The fourth-order valence-corrected chi connectivity index (χ4v) is 6.48. The van der Waals surface area contributed by atoms with E-state index in [0.717, 1.165) is 66.0 Å². The third kappa shape index (κ3) is 2.02. The van der Waals surface area contributed by atoms with E-state index in [9.17, 15) is 4.79 Å². The molecule has 2 fully saturated rings. The number of rotatable bonds is 0. The summed E-state index contributed by atoms with van der Waals surface area (Å²) in [5, 5.41) is 2.26. The monoisotopic (exact) mass is 370 g/mol. The van der Waals surface area contributed by atoms with Gasteiger partial charge in [0, 0.05) is 17.0 Å². The van der Waals surface area contributed by atoms with Gasteiger partial charge >= 0.3 is 0 Å². The third-order valence-electron chi connectivity index (χ3n) is 7.82. The maximum Gasteiger partial charge on any atom is 0.155 e. The van der Waals surface area contributed by atoms with E-state index in [1.807, 2.05) is 12.3 Å². The fraction of sp³-hybridized carbons (Fsp3) is 0.480. The van der Waals surface area contributed by atoms with Gasteiger partial charge in [0.05, 0.1) is 27.6 Å². The molecule has 3 heteroatoms. The van der Waals surface area contributed by atoms with E-state index in [0.29, 0.717) is 5.78 Å². The van der Waals surface area contributed by atoms with Gasteiger partial charge in [-0.3, -0.25) is 14.8 Å². The van der Waals surface area contributed by atoms with Crippen LogP contribution in [0.15, 0.2) is 36.5 Å². The van der Waals surface area contributed by atoms with Crippen molar-refractivity contribution in [2.45, 2.75) is 75.0 Å². The van der Waals surface area contributed by atoms with Crippen molar-refractivity contribution in [3.63, 3.8) is 0 Å². The molecule has 3 aliphatic rings. The van der Waals surface area contributed by atoms with Gasteiger partial charge in [-0.25, -0.2) is 0 Å². The van der Waals surface area contributed by atoms with Gasteiger partial charge < -0.3 is 0 Å². The second-order valence-electron chi connectivity index (χ2n) is 9.21. The molecule has 1 aromatic carbocycles. The first-order valence-corrected chi connectivity index (χ1v) is 11.0. The van der Waals surface area contributed by atoms with Crippen LogP contribution in [0.3, 0.4) is 0 Å². The molecular weight excluding hydrogens is 344 g/mol. The van der Waals surface area contributed by atoms with Crippen molar-refractivity contribution >= 4 is 27.6 Å². The maximum absolute atomic E-state index is 14.1. The molecular formula is C25H26N2O. The SMILES string of the molecule is O=C1C2(CCCCC2)c2cc3ccc4ncccc4c3nc2C12CCCCC2. The molecule has 3 nitrogen and oxygen atoms in total. The van der Waals surface area contributed by atoms with Gasteiger partial charge in [0.1, 0.15) is 0 Å². The van der Waals surface area contributed by atoms with Crippen LogP contribution in [0, 0.1) is 0 Å². The zero-order chi connectivity index (χ0) is 18.8. The number of hydrogen-bond acceptors (Lipinski definition) is 3. The first kappa shape index (κ1) is 16.6. The van der Waals surface area contributed by atoms with Gasteiger partial charge in [0.15, 0.2) is 5.78 Å². The van der Waals surface area contributed by atoms with Crippen LogP contribution in [0.5, 0.6) is 0 Å². The van der Waals surface area contributed by atoms with E-state index in [4.69, 9.17) is 4.98 Å². The van der Waals surface area contributed by atoms with Crippen LogP contribution in [-0.4, -0.2) is 15.8 Å². The molecule has 0 radical (unpaired) electrons. The molecule has 0 bridgehead atoms. The van der Waals surface area contributed by atoms with E-state index in [-0.39, 0.29) is 10.8 Å². The Morgan fingerprint density at radius 3 is 2.29 bits per heavy atom. The summed E-state index contributed by atoms with van der Waals surface area (Å²) in [6, 6.07) is 10.7. The number of carbonyl (C=O) groups excluding carboxylic acids is 1. The molecule has 2 aromatic heterocycles. The standard InChI is InChI=1S/C25H26N2O/c28-23-24(11-3-1-4-12-24)19-16-17-9-10-20-18(8-7-15-26-20)21(17)27-22(19)25(23)13-5-2-6-14-25/h7-10,15-16H,1-6,11-14H2. The molecule has 0 N–H and O–H groups in total. The Kier molecular flexibility index (Phi) is 3.48. The smallest absolute Gasteiger partial charge is 0.155 e. The van der Waals surface area contributed by atoms with E-state index in [2.05, 4.69) is 29.2 Å². The highest BCUT2D eigenvalue weighted by molar-refractivity contribution is 6.08. The van der Waals surface area contributed by atoms with Crippen LogP contribution in [0.2, 0.25) is 0 Å². The van der Waals surface area contributed by atoms with Crippen LogP contribution in [-0.2, 0) is 15.6 Å². The van der Waals surface area contributed by atoms with E-state index < -0.39 is 0 Å². The number of benzene rings is 1. The number of carbonyl (C=O) groups is 1. The van der Waals surface area contributed by atoms with Crippen molar-refractivity contribution < 1.29 is 4.79 Å². The molecule has 2 saturated carbocycles. The molecule has 2 heterocycles. The highest BCUT2D eigenvalue weighted by Gasteiger charge is 2.60. The molecule has 0 aliphatic heterocycles. The van der Waals surface area contributed by atoms with Crippen molar-refractivity contribution in [1.29, 1.82) is 0 Å². The molecule has 28 heavy (non-hydrogen) atoms. The van der Waals surface area contributed by atoms with E-state index in [1.165, 1.54) is 31.2 Å². The second-order valence-corrected chi connectivity index (χ2v) is 9.21. The molecule has 0 saturated heterocycles. The zero-order valence-corrected chi connectivity index (χ0v) is 16.3. The number of aromatic nitrogens is 2. The van der Waals surface area contributed by atoms with Gasteiger partial charge in [-0.15, -0.1) is 0 Å². The predicted octanol–water partition coefficient (Wildman–Crippen LogP) is 5.77. The first-order valence-electron chi connectivity index (χ1n) is 11.0. The van der Waals surface area contributed by atoms with Crippen molar-refractivity contribution in [1.82, 2.24) is 9.97 Å². The summed E-state index contributed by atoms with van der Waals surface area (Å²) >= 11 is 0. The lowest BCUT2D eigenvalue weighted by Gasteiger charge is -2.37. The van der Waals surface area contributed by atoms with Gasteiger partial charge in [-0.05, 0) is 55.5 Å². The summed E-state index contributed by atoms with van der Waals surface area (Å²) in [7, 11) is 0. The first-order chi connectivity index (χ1) is 13.7. The molecule has 0 unspecified atom stereocenters. The van der Waals surface area contributed by atoms with E-state index in [1.54, 1.807) is 0 Å². The topological polar surface area (TPSA) is 42.9 Å². The van der Waals surface area contributed by atoms with Gasteiger partial charge in [-0.2, -0.15) is 0 Å². The molecule has 3 aromatic rings. The largest absolute Gasteiger partial charge is 0.298 e. The number of pyridine rings is 2. The number of fused-ring (bicyclic) bond motifs is 6. The molecule has 6 rings (SSSR count). The Balaban J connectivity index is 1.69. The van der Waals surface area contributed by atoms with Crippen LogP contribution in [0.1, 0.15) is 75.5 Å². The van der Waals surface area contributed by atoms with Crippen LogP contribution in [0.4, 0.5) is 0 Å². The minimum absolute atomic E-state index is 0.268. The van der Waals surface area contributed by atoms with Crippen LogP contribution >= 0.6 is 0 Å². The average molecular weight is 370 g/mol. The molecule has 3 aliphatic carbocycles. The van der Waals surface area contributed by atoms with Gasteiger partial charge in [-0.1, -0.05) is 44.6 Å². The fourth-order valence-electron chi connectivity index (χ4n) is 6.48. The van der Waals surface area contributed by atoms with Gasteiger partial charge in [0.25, 0.3) is 0 Å². The Hall–Kier alpha value is -2.29. The second kappa shape index (κ2) is 5.85. The molecule has 142 valence electrons. The summed E-state index contributed by atoms with van der Waals surface area (Å²) < 4.78 is 0. The van der Waals surface area contributed by atoms with Crippen LogP contribution in [0.25, 0.3) is 21.8 Å². The molecule has 2 spiro atoms. The Morgan fingerprint density at radius 1 is 0.821 bits per heavy atom. The van der Waals surface area contributed by atoms with Crippen LogP contribution < -0.4 is 0 Å². The summed E-state index contributed by atoms with van der Waals surface area (Å²) in [5.41, 5.74) is 3.81. The quantitative estimate of drug-likeness (QED) is 0.472. The number of hydrogen-bond donors (Lipinski definition) is 0. The lowest BCUT2D eigenvalue weighted by molar-refractivity contribution is -0.131. The van der Waals surface area contributed by atoms with Crippen molar-refractivity contribution in [2.24, 2.45) is 0 Å². The van der Waals surface area contributed by atoms with Crippen molar-refractivity contribution in [2.75, 3.05) is 0 Å². The van der Waals surface area contributed by atoms with E-state index >= 15 is 0 Å². The summed E-state index contributed by atoms with van der Waals surface area (Å²) in [4.78, 5) is 23.9.